The van der Waals surface area contributed by atoms with Crippen molar-refractivity contribution in [3.05, 3.63) is 59.7 Å². The normalized spacial score (nSPS) is 10.3. The lowest BCUT2D eigenvalue weighted by Crippen LogP contribution is -2.32. The summed E-state index contributed by atoms with van der Waals surface area (Å²) in [7, 11) is 0. The smallest absolute Gasteiger partial charge is 0.264 e. The summed E-state index contributed by atoms with van der Waals surface area (Å²) in [6, 6.07) is 9.22. The summed E-state index contributed by atoms with van der Waals surface area (Å²) in [5, 5.41) is 9.43. The van der Waals surface area contributed by atoms with Gasteiger partial charge in [0.2, 0.25) is 0 Å². The van der Waals surface area contributed by atoms with E-state index in [9.17, 15) is 18.7 Å². The fraction of sp³-hybridized carbons (Fsp3) is 0.133. The third kappa shape index (κ3) is 2.61. The van der Waals surface area contributed by atoms with Crippen LogP contribution in [0, 0.1) is 11.6 Å². The van der Waals surface area contributed by atoms with Crippen LogP contribution in [0.15, 0.2) is 42.5 Å². The van der Waals surface area contributed by atoms with E-state index in [4.69, 9.17) is 0 Å². The molecule has 2 aromatic carbocycles. The van der Waals surface area contributed by atoms with Gasteiger partial charge in [-0.05, 0) is 31.2 Å². The summed E-state index contributed by atoms with van der Waals surface area (Å²) < 4.78 is 27.3. The minimum atomic E-state index is -0.909. The Bertz CT molecular complexity index is 623. The van der Waals surface area contributed by atoms with Gasteiger partial charge in [-0.3, -0.25) is 4.79 Å². The Morgan fingerprint density at radius 3 is 2.30 bits per heavy atom. The van der Waals surface area contributed by atoms with Gasteiger partial charge in [0.1, 0.15) is 22.9 Å². The molecule has 0 aliphatic carbocycles. The zero-order chi connectivity index (χ0) is 14.7. The molecule has 0 saturated carbocycles. The highest BCUT2D eigenvalue weighted by molar-refractivity contribution is 6.06. The van der Waals surface area contributed by atoms with E-state index in [1.807, 2.05) is 0 Å². The van der Waals surface area contributed by atoms with E-state index in [1.54, 1.807) is 19.1 Å². The van der Waals surface area contributed by atoms with Crippen LogP contribution in [0.2, 0.25) is 0 Å². The van der Waals surface area contributed by atoms with Gasteiger partial charge in [0.05, 0.1) is 0 Å². The summed E-state index contributed by atoms with van der Waals surface area (Å²) in [5.74, 6) is -2.63. The van der Waals surface area contributed by atoms with Gasteiger partial charge < -0.3 is 10.0 Å². The van der Waals surface area contributed by atoms with Gasteiger partial charge in [0.15, 0.2) is 0 Å². The number of carbonyl (C=O) groups is 1. The van der Waals surface area contributed by atoms with Crippen molar-refractivity contribution in [2.75, 3.05) is 11.4 Å². The summed E-state index contributed by atoms with van der Waals surface area (Å²) in [6.45, 7) is 1.90. The molecule has 1 N–H and O–H groups in total. The standard InChI is InChI=1S/C15H13F2NO2/c1-2-18(10-5-3-6-11(19)9-10)15(20)14-12(16)7-4-8-13(14)17/h3-9,19H,2H2,1H3. The summed E-state index contributed by atoms with van der Waals surface area (Å²) in [6.07, 6.45) is 0. The molecule has 104 valence electrons. The van der Waals surface area contributed by atoms with E-state index >= 15 is 0 Å². The Kier molecular flexibility index (Phi) is 3.98. The van der Waals surface area contributed by atoms with Crippen LogP contribution in [-0.4, -0.2) is 17.6 Å². The Hall–Kier alpha value is -2.43. The Morgan fingerprint density at radius 1 is 1.15 bits per heavy atom. The molecule has 5 heteroatoms. The number of nitrogens with zero attached hydrogens (tertiary/aromatic N) is 1. The minimum Gasteiger partial charge on any atom is -0.508 e. The molecule has 3 nitrogen and oxygen atoms in total. The zero-order valence-corrected chi connectivity index (χ0v) is 10.8. The van der Waals surface area contributed by atoms with Crippen LogP contribution in [0.5, 0.6) is 5.75 Å². The van der Waals surface area contributed by atoms with Crippen LogP contribution >= 0.6 is 0 Å². The first-order chi connectivity index (χ1) is 9.54. The molecule has 0 radical (unpaired) electrons. The minimum absolute atomic E-state index is 0.0252. The number of hydrogen-bond acceptors (Lipinski definition) is 2. The lowest BCUT2D eigenvalue weighted by Gasteiger charge is -2.21. The van der Waals surface area contributed by atoms with E-state index in [1.165, 1.54) is 23.1 Å². The number of amides is 1. The lowest BCUT2D eigenvalue weighted by molar-refractivity contribution is 0.0980. The Morgan fingerprint density at radius 2 is 1.75 bits per heavy atom. The van der Waals surface area contributed by atoms with Crippen LogP contribution in [0.4, 0.5) is 14.5 Å². The first-order valence-electron chi connectivity index (χ1n) is 6.09. The lowest BCUT2D eigenvalue weighted by atomic mass is 10.1. The fourth-order valence-electron chi connectivity index (χ4n) is 1.94. The van der Waals surface area contributed by atoms with E-state index in [2.05, 4.69) is 0 Å². The number of phenolic OH excluding ortho intramolecular Hbond substituents is 1. The molecular weight excluding hydrogens is 264 g/mol. The monoisotopic (exact) mass is 277 g/mol. The van der Waals surface area contributed by atoms with E-state index in [0.717, 1.165) is 12.1 Å². The second kappa shape index (κ2) is 5.69. The molecule has 2 rings (SSSR count). The van der Waals surface area contributed by atoms with Crippen LogP contribution < -0.4 is 4.90 Å². The molecule has 0 heterocycles. The first kappa shape index (κ1) is 14.0. The van der Waals surface area contributed by atoms with Gasteiger partial charge in [-0.1, -0.05) is 12.1 Å². The average molecular weight is 277 g/mol. The van der Waals surface area contributed by atoms with E-state index in [-0.39, 0.29) is 12.3 Å². The van der Waals surface area contributed by atoms with Crippen molar-refractivity contribution < 1.29 is 18.7 Å². The third-order valence-electron chi connectivity index (χ3n) is 2.88. The molecule has 1 amide bonds. The average Bonchev–Trinajstić information content (AvgIpc) is 2.39. The number of hydrogen-bond donors (Lipinski definition) is 1. The SMILES string of the molecule is CCN(C(=O)c1c(F)cccc1F)c1cccc(O)c1. The van der Waals surface area contributed by atoms with Crippen molar-refractivity contribution in [2.45, 2.75) is 6.92 Å². The molecule has 0 aliphatic rings. The molecule has 0 unspecified atom stereocenters. The number of aromatic hydroxyl groups is 1. The summed E-state index contributed by atoms with van der Waals surface area (Å²) in [5.41, 5.74) is -0.224. The maximum Gasteiger partial charge on any atom is 0.264 e. The molecule has 0 fully saturated rings. The van der Waals surface area contributed by atoms with Gasteiger partial charge >= 0.3 is 0 Å². The second-order valence-corrected chi connectivity index (χ2v) is 4.17. The highest BCUT2D eigenvalue weighted by Gasteiger charge is 2.23. The molecule has 0 bridgehead atoms. The Labute approximate surface area is 115 Å². The third-order valence-corrected chi connectivity index (χ3v) is 2.88. The quantitative estimate of drug-likeness (QED) is 0.934. The molecule has 0 aromatic heterocycles. The van der Waals surface area contributed by atoms with Gasteiger partial charge in [-0.15, -0.1) is 0 Å². The zero-order valence-electron chi connectivity index (χ0n) is 10.8. The van der Waals surface area contributed by atoms with E-state index in [0.29, 0.717) is 5.69 Å². The van der Waals surface area contributed by atoms with Crippen molar-refractivity contribution in [1.82, 2.24) is 0 Å². The molecule has 0 saturated heterocycles. The maximum atomic E-state index is 13.7. The highest BCUT2D eigenvalue weighted by atomic mass is 19.1. The number of benzene rings is 2. The molecule has 20 heavy (non-hydrogen) atoms. The number of anilines is 1. The van der Waals surface area contributed by atoms with Gasteiger partial charge in [-0.25, -0.2) is 8.78 Å². The van der Waals surface area contributed by atoms with Crippen molar-refractivity contribution in [1.29, 1.82) is 0 Å². The predicted molar refractivity (Wildman–Crippen MR) is 71.8 cm³/mol. The molecule has 0 atom stereocenters. The molecule has 0 spiro atoms. The van der Waals surface area contributed by atoms with E-state index < -0.39 is 23.1 Å². The summed E-state index contributed by atoms with van der Waals surface area (Å²) in [4.78, 5) is 13.5. The van der Waals surface area contributed by atoms with Crippen LogP contribution in [0.25, 0.3) is 0 Å². The Balaban J connectivity index is 2.45. The number of rotatable bonds is 3. The fourth-order valence-corrected chi connectivity index (χ4v) is 1.94. The van der Waals surface area contributed by atoms with Gasteiger partial charge in [0, 0.05) is 18.3 Å². The molecule has 2 aromatic rings. The van der Waals surface area contributed by atoms with Gasteiger partial charge in [-0.2, -0.15) is 0 Å². The topological polar surface area (TPSA) is 40.5 Å². The van der Waals surface area contributed by atoms with Crippen LogP contribution in [0.3, 0.4) is 0 Å². The van der Waals surface area contributed by atoms with Crippen molar-refractivity contribution in [3.8, 4) is 5.75 Å². The van der Waals surface area contributed by atoms with Gasteiger partial charge in [0.25, 0.3) is 5.91 Å². The predicted octanol–water partition coefficient (Wildman–Crippen LogP) is 3.34. The molecule has 0 aliphatic heterocycles. The van der Waals surface area contributed by atoms with Crippen molar-refractivity contribution in [3.63, 3.8) is 0 Å². The first-order valence-corrected chi connectivity index (χ1v) is 6.09. The number of carbonyl (C=O) groups excluding carboxylic acids is 1. The second-order valence-electron chi connectivity index (χ2n) is 4.17. The number of halogens is 2. The maximum absolute atomic E-state index is 13.7. The molecular formula is C15H13F2NO2. The largest absolute Gasteiger partial charge is 0.508 e. The van der Waals surface area contributed by atoms with Crippen molar-refractivity contribution >= 4 is 11.6 Å². The summed E-state index contributed by atoms with van der Waals surface area (Å²) >= 11 is 0. The van der Waals surface area contributed by atoms with Crippen LogP contribution in [-0.2, 0) is 0 Å². The number of phenols is 1. The highest BCUT2D eigenvalue weighted by Crippen LogP contribution is 2.23. The van der Waals surface area contributed by atoms with Crippen LogP contribution in [0.1, 0.15) is 17.3 Å². The van der Waals surface area contributed by atoms with Crippen molar-refractivity contribution in [2.24, 2.45) is 0 Å².